The Morgan fingerprint density at radius 3 is 2.47 bits per heavy atom. The highest BCUT2D eigenvalue weighted by Crippen LogP contribution is 2.17. The van der Waals surface area contributed by atoms with Gasteiger partial charge in [0, 0.05) is 19.3 Å². The molecule has 170 valence electrons. The van der Waals surface area contributed by atoms with Gasteiger partial charge in [0.15, 0.2) is 5.96 Å². The molecule has 0 unspecified atom stereocenters. The summed E-state index contributed by atoms with van der Waals surface area (Å²) in [5, 5.41) is 6.69. The van der Waals surface area contributed by atoms with Crippen molar-refractivity contribution >= 4 is 29.9 Å². The van der Waals surface area contributed by atoms with Gasteiger partial charge in [-0.3, -0.25) is 4.98 Å². The van der Waals surface area contributed by atoms with Gasteiger partial charge in [0.05, 0.1) is 19.3 Å². The van der Waals surface area contributed by atoms with E-state index in [0.29, 0.717) is 13.2 Å². The zero-order chi connectivity index (χ0) is 21.7. The zero-order valence-electron chi connectivity index (χ0n) is 18.6. The van der Waals surface area contributed by atoms with Crippen LogP contribution in [0, 0.1) is 0 Å². The Morgan fingerprint density at radius 1 is 0.969 bits per heavy atom. The van der Waals surface area contributed by atoms with Gasteiger partial charge in [-0.05, 0) is 54.8 Å². The number of benzene rings is 2. The Labute approximate surface area is 207 Å². The molecule has 0 aliphatic heterocycles. The molecule has 3 rings (SSSR count). The summed E-state index contributed by atoms with van der Waals surface area (Å²) in [7, 11) is 1.70. The first-order chi connectivity index (χ1) is 15.3. The molecule has 1 heterocycles. The summed E-state index contributed by atoms with van der Waals surface area (Å²) < 4.78 is 11.2. The normalized spacial score (nSPS) is 10.8. The van der Waals surface area contributed by atoms with Crippen molar-refractivity contribution < 1.29 is 9.47 Å². The van der Waals surface area contributed by atoms with Gasteiger partial charge in [0.1, 0.15) is 18.1 Å². The van der Waals surface area contributed by atoms with Gasteiger partial charge in [-0.1, -0.05) is 36.4 Å². The molecule has 0 aliphatic carbocycles. The number of hydrogen-bond donors (Lipinski definition) is 2. The van der Waals surface area contributed by atoms with Crippen molar-refractivity contribution in [2.75, 3.05) is 20.2 Å². The molecular formula is C25H31IN4O2. The summed E-state index contributed by atoms with van der Waals surface area (Å²) in [6.07, 6.45) is 2.63. The highest BCUT2D eigenvalue weighted by Gasteiger charge is 2.03. The number of methoxy groups -OCH3 is 1. The summed E-state index contributed by atoms with van der Waals surface area (Å²) in [4.78, 5) is 8.96. The molecule has 0 amide bonds. The van der Waals surface area contributed by atoms with Crippen LogP contribution in [0.2, 0.25) is 0 Å². The van der Waals surface area contributed by atoms with Crippen molar-refractivity contribution in [1.82, 2.24) is 15.6 Å². The fourth-order valence-corrected chi connectivity index (χ4v) is 3.07. The molecule has 0 aliphatic rings. The minimum Gasteiger partial charge on any atom is -0.496 e. The monoisotopic (exact) mass is 546 g/mol. The third-order valence-corrected chi connectivity index (χ3v) is 4.68. The summed E-state index contributed by atoms with van der Waals surface area (Å²) in [5.41, 5.74) is 3.20. The Morgan fingerprint density at radius 2 is 1.75 bits per heavy atom. The van der Waals surface area contributed by atoms with Crippen LogP contribution in [0.15, 0.2) is 77.9 Å². The van der Waals surface area contributed by atoms with Gasteiger partial charge in [-0.25, -0.2) is 4.99 Å². The van der Waals surface area contributed by atoms with Crippen molar-refractivity contribution in [3.63, 3.8) is 0 Å². The minimum absolute atomic E-state index is 0. The van der Waals surface area contributed by atoms with E-state index < -0.39 is 0 Å². The van der Waals surface area contributed by atoms with Gasteiger partial charge in [0.25, 0.3) is 0 Å². The summed E-state index contributed by atoms with van der Waals surface area (Å²) in [6.45, 7) is 4.68. The van der Waals surface area contributed by atoms with Crippen LogP contribution < -0.4 is 20.1 Å². The zero-order valence-corrected chi connectivity index (χ0v) is 20.9. The number of rotatable bonds is 10. The van der Waals surface area contributed by atoms with Crippen molar-refractivity contribution in [2.24, 2.45) is 4.99 Å². The van der Waals surface area contributed by atoms with E-state index in [-0.39, 0.29) is 24.0 Å². The molecule has 1 aromatic heterocycles. The van der Waals surface area contributed by atoms with Crippen LogP contribution >= 0.6 is 24.0 Å². The minimum atomic E-state index is 0. The largest absolute Gasteiger partial charge is 0.496 e. The van der Waals surface area contributed by atoms with E-state index in [1.165, 1.54) is 5.56 Å². The number of nitrogens with zero attached hydrogens (tertiary/aromatic N) is 2. The molecule has 0 saturated heterocycles. The lowest BCUT2D eigenvalue weighted by molar-refractivity contribution is 0.301. The van der Waals surface area contributed by atoms with Crippen molar-refractivity contribution in [3.8, 4) is 11.5 Å². The average Bonchev–Trinajstić information content (AvgIpc) is 2.83. The molecule has 0 atom stereocenters. The number of aromatic nitrogens is 1. The standard InChI is InChI=1S/C25H30N4O2.HI/c1-3-26-25(28-17-15-21-8-4-5-10-24(21)30-2)29-18-20-11-13-23(14-12-20)31-19-22-9-6-7-16-27-22;/h4-14,16H,3,15,17-19H2,1-2H3,(H2,26,28,29);1H. The topological polar surface area (TPSA) is 67.8 Å². The predicted octanol–water partition coefficient (Wildman–Crippen LogP) is 4.59. The van der Waals surface area contributed by atoms with Gasteiger partial charge < -0.3 is 20.1 Å². The number of pyridine rings is 1. The molecule has 0 bridgehead atoms. The van der Waals surface area contributed by atoms with E-state index in [9.17, 15) is 0 Å². The second-order valence-corrected chi connectivity index (χ2v) is 6.94. The Bertz CT molecular complexity index is 950. The van der Waals surface area contributed by atoms with E-state index in [1.54, 1.807) is 13.3 Å². The number of para-hydroxylation sites is 1. The van der Waals surface area contributed by atoms with Crippen LogP contribution in [0.4, 0.5) is 0 Å². The first-order valence-electron chi connectivity index (χ1n) is 10.5. The quantitative estimate of drug-likeness (QED) is 0.221. The maximum Gasteiger partial charge on any atom is 0.191 e. The number of ether oxygens (including phenoxy) is 2. The van der Waals surface area contributed by atoms with Crippen LogP contribution in [0.5, 0.6) is 11.5 Å². The first kappa shape index (κ1) is 25.5. The lowest BCUT2D eigenvalue weighted by Gasteiger charge is -2.13. The number of aliphatic imine (C=N–C) groups is 1. The van der Waals surface area contributed by atoms with Crippen LogP contribution in [-0.2, 0) is 19.6 Å². The lowest BCUT2D eigenvalue weighted by Crippen LogP contribution is -2.38. The van der Waals surface area contributed by atoms with Crippen LogP contribution in [-0.4, -0.2) is 31.1 Å². The Hall–Kier alpha value is -2.81. The van der Waals surface area contributed by atoms with Gasteiger partial charge in [-0.2, -0.15) is 0 Å². The molecule has 2 N–H and O–H groups in total. The Balaban J connectivity index is 0.00000363. The fourth-order valence-electron chi connectivity index (χ4n) is 3.07. The molecule has 32 heavy (non-hydrogen) atoms. The molecule has 2 aromatic carbocycles. The second kappa shape index (κ2) is 14.3. The van der Waals surface area contributed by atoms with E-state index in [1.807, 2.05) is 60.7 Å². The van der Waals surface area contributed by atoms with Gasteiger partial charge >= 0.3 is 0 Å². The second-order valence-electron chi connectivity index (χ2n) is 6.94. The van der Waals surface area contributed by atoms with E-state index in [4.69, 9.17) is 14.5 Å². The summed E-state index contributed by atoms with van der Waals surface area (Å²) in [6, 6.07) is 21.9. The average molecular weight is 546 g/mol. The van der Waals surface area contributed by atoms with Crippen molar-refractivity contribution in [3.05, 3.63) is 89.7 Å². The molecule has 0 radical (unpaired) electrons. The number of halogens is 1. The molecule has 0 spiro atoms. The molecule has 7 heteroatoms. The van der Waals surface area contributed by atoms with Crippen molar-refractivity contribution in [1.29, 1.82) is 0 Å². The van der Waals surface area contributed by atoms with Crippen LogP contribution in [0.1, 0.15) is 23.7 Å². The lowest BCUT2D eigenvalue weighted by atomic mass is 10.1. The SMILES string of the molecule is CCNC(=NCc1ccc(OCc2ccccn2)cc1)NCCc1ccccc1OC.I. The third-order valence-electron chi connectivity index (χ3n) is 4.68. The fraction of sp³-hybridized carbons (Fsp3) is 0.280. The predicted molar refractivity (Wildman–Crippen MR) is 140 cm³/mol. The molecular weight excluding hydrogens is 515 g/mol. The highest BCUT2D eigenvalue weighted by molar-refractivity contribution is 14.0. The molecule has 0 saturated carbocycles. The van der Waals surface area contributed by atoms with Crippen LogP contribution in [0.25, 0.3) is 0 Å². The Kier molecular flexibility index (Phi) is 11.4. The number of guanidine groups is 1. The van der Waals surface area contributed by atoms with Gasteiger partial charge in [0.2, 0.25) is 0 Å². The van der Waals surface area contributed by atoms with Crippen molar-refractivity contribution in [2.45, 2.75) is 26.5 Å². The van der Waals surface area contributed by atoms with Crippen LogP contribution in [0.3, 0.4) is 0 Å². The van der Waals surface area contributed by atoms with E-state index in [2.05, 4.69) is 28.6 Å². The number of hydrogen-bond acceptors (Lipinski definition) is 4. The first-order valence-corrected chi connectivity index (χ1v) is 10.5. The smallest absolute Gasteiger partial charge is 0.191 e. The maximum absolute atomic E-state index is 5.79. The van der Waals surface area contributed by atoms with E-state index in [0.717, 1.165) is 48.2 Å². The third kappa shape index (κ3) is 8.37. The highest BCUT2D eigenvalue weighted by atomic mass is 127. The molecule has 6 nitrogen and oxygen atoms in total. The molecule has 0 fully saturated rings. The van der Waals surface area contributed by atoms with Gasteiger partial charge in [-0.15, -0.1) is 24.0 Å². The summed E-state index contributed by atoms with van der Waals surface area (Å²) in [5.74, 6) is 2.53. The maximum atomic E-state index is 5.79. The molecule has 3 aromatic rings. The van der Waals surface area contributed by atoms with E-state index >= 15 is 0 Å². The number of nitrogens with one attached hydrogen (secondary N) is 2. The summed E-state index contributed by atoms with van der Waals surface area (Å²) >= 11 is 0.